The number of carbonyl (C=O) groups excluding carboxylic acids is 1. The number of halogens is 3. The maximum atomic E-state index is 12.5. The second kappa shape index (κ2) is 7.03. The molecule has 1 aromatic carbocycles. The molecule has 136 valence electrons. The van der Waals surface area contributed by atoms with Gasteiger partial charge in [-0.2, -0.15) is 13.2 Å². The molecule has 1 N–H and O–H groups in total. The topological polar surface area (TPSA) is 68.4 Å². The first kappa shape index (κ1) is 17.7. The molecule has 3 rings (SSSR count). The predicted octanol–water partition coefficient (Wildman–Crippen LogP) is 1.87. The van der Waals surface area contributed by atoms with E-state index in [9.17, 15) is 22.8 Å². The van der Waals surface area contributed by atoms with Crippen LogP contribution in [0.25, 0.3) is 5.65 Å². The second-order valence-electron chi connectivity index (χ2n) is 5.66. The number of hydrogen-bond acceptors (Lipinski definition) is 3. The van der Waals surface area contributed by atoms with E-state index >= 15 is 0 Å². The highest BCUT2D eigenvalue weighted by atomic mass is 19.4. The summed E-state index contributed by atoms with van der Waals surface area (Å²) in [6.45, 7) is 0.0137. The highest BCUT2D eigenvalue weighted by Gasteiger charge is 2.29. The molecule has 0 fully saturated rings. The quantitative estimate of drug-likeness (QED) is 0.752. The van der Waals surface area contributed by atoms with Gasteiger partial charge in [0.25, 0.3) is 0 Å². The van der Waals surface area contributed by atoms with E-state index in [2.05, 4.69) is 10.4 Å². The molecule has 0 atom stereocenters. The van der Waals surface area contributed by atoms with E-state index in [1.54, 1.807) is 24.4 Å². The van der Waals surface area contributed by atoms with Crippen molar-refractivity contribution in [1.82, 2.24) is 19.5 Å². The number of amides is 1. The van der Waals surface area contributed by atoms with Gasteiger partial charge < -0.3 is 5.32 Å². The molecule has 0 radical (unpaired) electrons. The van der Waals surface area contributed by atoms with Crippen molar-refractivity contribution in [2.75, 3.05) is 6.54 Å². The molecule has 2 aromatic heterocycles. The Morgan fingerprint density at radius 2 is 1.85 bits per heavy atom. The van der Waals surface area contributed by atoms with Crippen LogP contribution in [0.15, 0.2) is 53.5 Å². The molecule has 0 aliphatic rings. The number of aromatic nitrogens is 3. The summed E-state index contributed by atoms with van der Waals surface area (Å²) in [6, 6.07) is 9.84. The molecule has 0 aliphatic heterocycles. The lowest BCUT2D eigenvalue weighted by atomic mass is 10.1. The average Bonchev–Trinajstić information content (AvgIpc) is 2.91. The number of benzene rings is 1. The molecule has 0 saturated carbocycles. The van der Waals surface area contributed by atoms with Crippen LogP contribution in [0.5, 0.6) is 0 Å². The van der Waals surface area contributed by atoms with Crippen LogP contribution in [0, 0.1) is 0 Å². The van der Waals surface area contributed by atoms with Gasteiger partial charge in [-0.1, -0.05) is 18.2 Å². The van der Waals surface area contributed by atoms with Crippen molar-refractivity contribution in [3.8, 4) is 0 Å². The molecular formula is C17H15F3N4O2. The summed E-state index contributed by atoms with van der Waals surface area (Å²) >= 11 is 0. The van der Waals surface area contributed by atoms with E-state index < -0.39 is 23.3 Å². The van der Waals surface area contributed by atoms with Crippen LogP contribution in [-0.2, 0) is 23.9 Å². The minimum absolute atomic E-state index is 0.229. The Bertz CT molecular complexity index is 974. The van der Waals surface area contributed by atoms with Crippen LogP contribution < -0.4 is 11.0 Å². The number of rotatable bonds is 5. The lowest BCUT2D eigenvalue weighted by Gasteiger charge is -2.08. The average molecular weight is 364 g/mol. The summed E-state index contributed by atoms with van der Waals surface area (Å²) in [7, 11) is 0. The first-order chi connectivity index (χ1) is 12.3. The zero-order valence-corrected chi connectivity index (χ0v) is 13.5. The van der Waals surface area contributed by atoms with Gasteiger partial charge in [0.1, 0.15) is 6.54 Å². The molecule has 2 heterocycles. The summed E-state index contributed by atoms with van der Waals surface area (Å²) in [6.07, 6.45) is -2.43. The highest BCUT2D eigenvalue weighted by molar-refractivity contribution is 5.75. The normalized spacial score (nSPS) is 11.7. The highest BCUT2D eigenvalue weighted by Crippen LogP contribution is 2.29. The Balaban J connectivity index is 1.54. The van der Waals surface area contributed by atoms with Gasteiger partial charge in [-0.25, -0.2) is 9.48 Å². The van der Waals surface area contributed by atoms with Crippen LogP contribution >= 0.6 is 0 Å². The molecule has 26 heavy (non-hydrogen) atoms. The molecule has 0 spiro atoms. The molecular weight excluding hydrogens is 349 g/mol. The fourth-order valence-corrected chi connectivity index (χ4v) is 2.47. The van der Waals surface area contributed by atoms with Crippen molar-refractivity contribution < 1.29 is 18.0 Å². The van der Waals surface area contributed by atoms with Gasteiger partial charge in [0.2, 0.25) is 5.91 Å². The lowest BCUT2D eigenvalue weighted by Crippen LogP contribution is -2.33. The summed E-state index contributed by atoms with van der Waals surface area (Å²) in [5.74, 6) is -0.401. The van der Waals surface area contributed by atoms with Crippen molar-refractivity contribution in [1.29, 1.82) is 0 Å². The maximum absolute atomic E-state index is 12.5. The van der Waals surface area contributed by atoms with Gasteiger partial charge >= 0.3 is 11.9 Å². The Morgan fingerprint density at radius 3 is 2.50 bits per heavy atom. The minimum atomic E-state index is -4.37. The molecule has 0 bridgehead atoms. The van der Waals surface area contributed by atoms with Crippen LogP contribution in [0.4, 0.5) is 13.2 Å². The number of alkyl halides is 3. The summed E-state index contributed by atoms with van der Waals surface area (Å²) in [5.41, 5.74) is -0.0201. The molecule has 3 aromatic rings. The van der Waals surface area contributed by atoms with Crippen LogP contribution in [-0.4, -0.2) is 26.6 Å². The van der Waals surface area contributed by atoms with Crippen LogP contribution in [0.1, 0.15) is 11.1 Å². The van der Waals surface area contributed by atoms with Gasteiger partial charge in [0, 0.05) is 12.7 Å². The monoisotopic (exact) mass is 364 g/mol. The van der Waals surface area contributed by atoms with Crippen molar-refractivity contribution in [3.05, 3.63) is 70.3 Å². The Labute approximate surface area is 145 Å². The van der Waals surface area contributed by atoms with Gasteiger partial charge in [-0.05, 0) is 36.2 Å². The second-order valence-corrected chi connectivity index (χ2v) is 5.66. The Hall–Kier alpha value is -3.10. The first-order valence-electron chi connectivity index (χ1n) is 7.81. The number of carbonyl (C=O) groups is 1. The van der Waals surface area contributed by atoms with E-state index in [0.717, 1.165) is 16.8 Å². The standard InChI is InChI=1S/C17H15F3N4O2/c18-17(19,20)13-6-4-12(5-7-13)8-9-21-15(25)11-24-16(26)23-10-2-1-3-14(23)22-24/h1-7,10H,8-9,11H2,(H,21,25). The van der Waals surface area contributed by atoms with Gasteiger partial charge in [0.15, 0.2) is 5.65 Å². The van der Waals surface area contributed by atoms with E-state index in [1.807, 2.05) is 0 Å². The summed E-state index contributed by atoms with van der Waals surface area (Å²) < 4.78 is 39.9. The first-order valence-corrected chi connectivity index (χ1v) is 7.81. The fourth-order valence-electron chi connectivity index (χ4n) is 2.47. The third-order valence-electron chi connectivity index (χ3n) is 3.80. The summed E-state index contributed by atoms with van der Waals surface area (Å²) in [5, 5.41) is 6.68. The third-order valence-corrected chi connectivity index (χ3v) is 3.80. The van der Waals surface area contributed by atoms with Crippen molar-refractivity contribution >= 4 is 11.6 Å². The zero-order chi connectivity index (χ0) is 18.7. The van der Waals surface area contributed by atoms with Crippen LogP contribution in [0.3, 0.4) is 0 Å². The fraction of sp³-hybridized carbons (Fsp3) is 0.235. The molecule has 6 nitrogen and oxygen atoms in total. The smallest absolute Gasteiger partial charge is 0.354 e. The van der Waals surface area contributed by atoms with Gasteiger partial charge in [-0.15, -0.1) is 5.10 Å². The largest absolute Gasteiger partial charge is 0.416 e. The van der Waals surface area contributed by atoms with Gasteiger partial charge in [0.05, 0.1) is 5.56 Å². The SMILES string of the molecule is O=C(Cn1nc2ccccn2c1=O)NCCc1ccc(C(F)(F)F)cc1. The number of nitrogens with one attached hydrogen (secondary N) is 1. The number of fused-ring (bicyclic) bond motifs is 1. The van der Waals surface area contributed by atoms with Crippen molar-refractivity contribution in [2.45, 2.75) is 19.1 Å². The lowest BCUT2D eigenvalue weighted by molar-refractivity contribution is -0.137. The number of hydrogen-bond donors (Lipinski definition) is 1. The molecule has 0 unspecified atom stereocenters. The van der Waals surface area contributed by atoms with Crippen LogP contribution in [0.2, 0.25) is 0 Å². The maximum Gasteiger partial charge on any atom is 0.416 e. The molecule has 9 heteroatoms. The zero-order valence-electron chi connectivity index (χ0n) is 13.5. The molecule has 1 amide bonds. The van der Waals surface area contributed by atoms with Crippen molar-refractivity contribution in [3.63, 3.8) is 0 Å². The third kappa shape index (κ3) is 3.93. The van der Waals surface area contributed by atoms with Crippen molar-refractivity contribution in [2.24, 2.45) is 0 Å². The molecule has 0 saturated heterocycles. The van der Waals surface area contributed by atoms with E-state index in [1.165, 1.54) is 16.5 Å². The Kier molecular flexibility index (Phi) is 4.79. The van der Waals surface area contributed by atoms with Gasteiger partial charge in [-0.3, -0.25) is 9.20 Å². The Morgan fingerprint density at radius 1 is 1.12 bits per heavy atom. The van der Waals surface area contributed by atoms with E-state index in [0.29, 0.717) is 17.6 Å². The number of nitrogens with zero attached hydrogens (tertiary/aromatic N) is 3. The number of pyridine rings is 1. The molecule has 0 aliphatic carbocycles. The summed E-state index contributed by atoms with van der Waals surface area (Å²) in [4.78, 5) is 24.0. The van der Waals surface area contributed by atoms with E-state index in [4.69, 9.17) is 0 Å². The minimum Gasteiger partial charge on any atom is -0.354 e. The van der Waals surface area contributed by atoms with E-state index in [-0.39, 0.29) is 13.1 Å². The predicted molar refractivity (Wildman–Crippen MR) is 87.6 cm³/mol.